The molecule has 0 unspecified atom stereocenters. The van der Waals surface area contributed by atoms with Gasteiger partial charge in [-0.1, -0.05) is 54.7 Å². The van der Waals surface area contributed by atoms with Gasteiger partial charge in [0.1, 0.15) is 10.5 Å². The fourth-order valence-corrected chi connectivity index (χ4v) is 2.31. The predicted molar refractivity (Wildman–Crippen MR) is 85.0 cm³/mol. The van der Waals surface area contributed by atoms with E-state index >= 15 is 0 Å². The van der Waals surface area contributed by atoms with Crippen LogP contribution in [0.5, 0.6) is 0 Å². The Bertz CT molecular complexity index is 876. The van der Waals surface area contributed by atoms with Gasteiger partial charge in [-0.05, 0) is 23.8 Å². The Balaban J connectivity index is 2.14. The van der Waals surface area contributed by atoms with Crippen molar-refractivity contribution >= 4 is 12.2 Å². The van der Waals surface area contributed by atoms with Gasteiger partial charge in [-0.15, -0.1) is 0 Å². The average Bonchev–Trinajstić information content (AvgIpc) is 2.55. The van der Waals surface area contributed by atoms with Crippen LogP contribution in [0.3, 0.4) is 0 Å². The van der Waals surface area contributed by atoms with Crippen LogP contribution in [0.25, 0.3) is 22.6 Å². The molecule has 0 spiro atoms. The van der Waals surface area contributed by atoms with Crippen molar-refractivity contribution < 1.29 is 0 Å². The monoisotopic (exact) mass is 289 g/mol. The molecular weight excluding hydrogens is 278 g/mol. The summed E-state index contributed by atoms with van der Waals surface area (Å²) in [4.78, 5) is 7.65. The Labute approximate surface area is 127 Å². The lowest BCUT2D eigenvalue weighted by atomic mass is 10.1. The van der Waals surface area contributed by atoms with Gasteiger partial charge in [-0.2, -0.15) is 5.26 Å². The maximum atomic E-state index is 9.00. The van der Waals surface area contributed by atoms with Crippen LogP contribution in [0, 0.1) is 16.0 Å². The molecule has 1 heterocycles. The van der Waals surface area contributed by atoms with Gasteiger partial charge >= 0.3 is 0 Å². The minimum Gasteiger partial charge on any atom is -0.339 e. The molecule has 0 atom stereocenters. The van der Waals surface area contributed by atoms with Gasteiger partial charge in [0.2, 0.25) is 0 Å². The highest BCUT2D eigenvalue weighted by atomic mass is 32.1. The van der Waals surface area contributed by atoms with Crippen LogP contribution < -0.4 is 0 Å². The van der Waals surface area contributed by atoms with Gasteiger partial charge in [0.05, 0.1) is 11.6 Å². The lowest BCUT2D eigenvalue weighted by molar-refractivity contribution is 1.16. The molecule has 4 heteroatoms. The molecule has 3 rings (SSSR count). The smallest absolute Gasteiger partial charge is 0.139 e. The van der Waals surface area contributed by atoms with Crippen molar-refractivity contribution in [2.24, 2.45) is 0 Å². The fourth-order valence-electron chi connectivity index (χ4n) is 2.10. The van der Waals surface area contributed by atoms with Crippen molar-refractivity contribution in [3.63, 3.8) is 0 Å². The third kappa shape index (κ3) is 2.88. The molecule has 3 aromatic rings. The summed E-state index contributed by atoms with van der Waals surface area (Å²) in [6, 6.07) is 21.2. The Kier molecular flexibility index (Phi) is 3.59. The zero-order chi connectivity index (χ0) is 14.7. The van der Waals surface area contributed by atoms with Crippen LogP contribution in [0.1, 0.15) is 5.56 Å². The SMILES string of the molecule is N#Cc1cccc(-c2cc(=S)nc(-c3ccccc3)[nH]2)c1. The van der Waals surface area contributed by atoms with Crippen LogP contribution in [0.15, 0.2) is 60.7 Å². The molecule has 0 radical (unpaired) electrons. The molecule has 0 amide bonds. The molecule has 0 aliphatic carbocycles. The Hall–Kier alpha value is -2.77. The second kappa shape index (κ2) is 5.70. The molecule has 0 saturated carbocycles. The highest BCUT2D eigenvalue weighted by Gasteiger charge is 2.04. The van der Waals surface area contributed by atoms with Crippen LogP contribution in [0.2, 0.25) is 0 Å². The summed E-state index contributed by atoms with van der Waals surface area (Å²) in [6.07, 6.45) is 0. The van der Waals surface area contributed by atoms with E-state index < -0.39 is 0 Å². The number of nitrogens with one attached hydrogen (secondary N) is 1. The number of aromatic nitrogens is 2. The molecule has 1 N–H and O–H groups in total. The number of nitrogens with zero attached hydrogens (tertiary/aromatic N) is 2. The summed E-state index contributed by atoms with van der Waals surface area (Å²) in [5.74, 6) is 0.723. The highest BCUT2D eigenvalue weighted by Crippen LogP contribution is 2.22. The fraction of sp³-hybridized carbons (Fsp3) is 0. The number of hydrogen-bond donors (Lipinski definition) is 1. The van der Waals surface area contributed by atoms with E-state index in [1.807, 2.05) is 48.5 Å². The molecule has 2 aromatic carbocycles. The number of benzene rings is 2. The van der Waals surface area contributed by atoms with Crippen LogP contribution in [-0.4, -0.2) is 9.97 Å². The highest BCUT2D eigenvalue weighted by molar-refractivity contribution is 7.71. The number of H-pyrrole nitrogens is 1. The standard InChI is InChI=1S/C17H11N3S/c18-11-12-5-4-8-14(9-12)15-10-16(21)20-17(19-15)13-6-2-1-3-7-13/h1-10H,(H,19,20,21). The summed E-state index contributed by atoms with van der Waals surface area (Å²) in [6.45, 7) is 0. The quantitative estimate of drug-likeness (QED) is 0.714. The minimum absolute atomic E-state index is 0.518. The van der Waals surface area contributed by atoms with Crippen molar-refractivity contribution in [3.8, 4) is 28.7 Å². The van der Waals surface area contributed by atoms with Crippen molar-refractivity contribution in [1.29, 1.82) is 5.26 Å². The number of nitriles is 1. The van der Waals surface area contributed by atoms with E-state index in [0.717, 1.165) is 22.6 Å². The summed E-state index contributed by atoms with van der Waals surface area (Å²) in [7, 11) is 0. The van der Waals surface area contributed by atoms with Crippen molar-refractivity contribution in [2.75, 3.05) is 0 Å². The first-order valence-electron chi connectivity index (χ1n) is 6.43. The second-order valence-corrected chi connectivity index (χ2v) is 4.96. The zero-order valence-corrected chi connectivity index (χ0v) is 11.9. The third-order valence-electron chi connectivity index (χ3n) is 3.09. The lowest BCUT2D eigenvalue weighted by Gasteiger charge is -2.06. The number of hydrogen-bond acceptors (Lipinski definition) is 3. The maximum Gasteiger partial charge on any atom is 0.139 e. The van der Waals surface area contributed by atoms with Crippen LogP contribution in [0.4, 0.5) is 0 Å². The van der Waals surface area contributed by atoms with E-state index in [-0.39, 0.29) is 0 Å². The molecule has 21 heavy (non-hydrogen) atoms. The number of rotatable bonds is 2. The number of aromatic amines is 1. The van der Waals surface area contributed by atoms with E-state index in [1.165, 1.54) is 0 Å². The van der Waals surface area contributed by atoms with Crippen LogP contribution >= 0.6 is 12.2 Å². The molecule has 0 saturated heterocycles. The molecule has 3 nitrogen and oxygen atoms in total. The Morgan fingerprint density at radius 1 is 0.952 bits per heavy atom. The van der Waals surface area contributed by atoms with E-state index in [0.29, 0.717) is 10.2 Å². The van der Waals surface area contributed by atoms with Gasteiger partial charge in [0, 0.05) is 11.3 Å². The maximum absolute atomic E-state index is 9.00. The summed E-state index contributed by atoms with van der Waals surface area (Å²) >= 11 is 5.25. The average molecular weight is 289 g/mol. The van der Waals surface area contributed by atoms with E-state index in [9.17, 15) is 0 Å². The van der Waals surface area contributed by atoms with Gasteiger partial charge in [-0.3, -0.25) is 0 Å². The van der Waals surface area contributed by atoms with E-state index in [4.69, 9.17) is 17.5 Å². The molecule has 0 aliphatic rings. The molecule has 0 fully saturated rings. The first-order chi connectivity index (χ1) is 10.3. The molecule has 100 valence electrons. The third-order valence-corrected chi connectivity index (χ3v) is 3.30. The molecular formula is C17H11N3S. The van der Waals surface area contributed by atoms with Gasteiger partial charge in [0.25, 0.3) is 0 Å². The Morgan fingerprint density at radius 3 is 2.48 bits per heavy atom. The van der Waals surface area contributed by atoms with Crippen molar-refractivity contribution in [2.45, 2.75) is 0 Å². The Morgan fingerprint density at radius 2 is 1.71 bits per heavy atom. The predicted octanol–water partition coefficient (Wildman–Crippen LogP) is 4.34. The first-order valence-corrected chi connectivity index (χ1v) is 6.84. The summed E-state index contributed by atoms with van der Waals surface area (Å²) < 4.78 is 0.518. The lowest BCUT2D eigenvalue weighted by Crippen LogP contribution is -1.93. The zero-order valence-electron chi connectivity index (χ0n) is 11.1. The largest absolute Gasteiger partial charge is 0.339 e. The van der Waals surface area contributed by atoms with Crippen LogP contribution in [-0.2, 0) is 0 Å². The molecule has 0 bridgehead atoms. The molecule has 0 aliphatic heterocycles. The van der Waals surface area contributed by atoms with Gasteiger partial charge in [0.15, 0.2) is 0 Å². The normalized spacial score (nSPS) is 10.0. The van der Waals surface area contributed by atoms with E-state index in [2.05, 4.69) is 16.0 Å². The minimum atomic E-state index is 0.518. The van der Waals surface area contributed by atoms with Gasteiger partial charge < -0.3 is 4.98 Å². The van der Waals surface area contributed by atoms with E-state index in [1.54, 1.807) is 12.1 Å². The van der Waals surface area contributed by atoms with Crippen molar-refractivity contribution in [1.82, 2.24) is 9.97 Å². The summed E-state index contributed by atoms with van der Waals surface area (Å²) in [5.41, 5.74) is 3.36. The van der Waals surface area contributed by atoms with Gasteiger partial charge in [-0.25, -0.2) is 4.98 Å². The second-order valence-electron chi connectivity index (χ2n) is 4.54. The first kappa shape index (κ1) is 13.2. The van der Waals surface area contributed by atoms with Crippen molar-refractivity contribution in [3.05, 3.63) is 70.9 Å². The topological polar surface area (TPSA) is 52.5 Å². The molecule has 1 aromatic heterocycles. The summed E-state index contributed by atoms with van der Waals surface area (Å²) in [5, 5.41) is 9.00.